The smallest absolute Gasteiger partial charge is 0.421 e. The zero-order valence-corrected chi connectivity index (χ0v) is 12.8. The molecule has 4 nitrogen and oxygen atoms in total. The van der Waals surface area contributed by atoms with Crippen molar-refractivity contribution in [1.29, 1.82) is 0 Å². The lowest BCUT2D eigenvalue weighted by Crippen LogP contribution is -2.39. The zero-order valence-electron chi connectivity index (χ0n) is 12.1. The molecule has 0 amide bonds. The fraction of sp³-hybridized carbons (Fsp3) is 0.500. The van der Waals surface area contributed by atoms with Crippen LogP contribution in [0.4, 0.5) is 13.2 Å². The van der Waals surface area contributed by atoms with E-state index in [0.717, 1.165) is 12.1 Å². The highest BCUT2D eigenvalue weighted by molar-refractivity contribution is 6.30. The number of esters is 1. The lowest BCUT2D eigenvalue weighted by molar-refractivity contribution is -0.258. The Hall–Kier alpha value is -1.31. The Kier molecular flexibility index (Phi) is 5.83. The third kappa shape index (κ3) is 4.34. The molecule has 0 bridgehead atoms. The molecule has 0 aliphatic carbocycles. The SMILES string of the molecule is CCOC(=O)CC(N)c1cc(Cl)cc(C(C)(O)C(F)(F)F)c1. The standard InChI is InChI=1S/C14H17ClF3NO3/c1-3-22-12(20)7-11(19)8-4-9(6-10(15)5-8)13(2,21)14(16,17)18/h4-6,11,21H,3,7,19H2,1-2H3. The highest BCUT2D eigenvalue weighted by atomic mass is 35.5. The summed E-state index contributed by atoms with van der Waals surface area (Å²) in [4.78, 5) is 11.4. The van der Waals surface area contributed by atoms with E-state index in [0.29, 0.717) is 6.92 Å². The fourth-order valence-electron chi connectivity index (χ4n) is 1.79. The highest BCUT2D eigenvalue weighted by Gasteiger charge is 2.51. The Bertz CT molecular complexity index is 547. The molecule has 0 saturated heterocycles. The number of ether oxygens (including phenoxy) is 1. The number of aliphatic hydroxyl groups is 1. The first kappa shape index (κ1) is 18.7. The predicted octanol–water partition coefficient (Wildman–Crippen LogP) is 3.06. The van der Waals surface area contributed by atoms with E-state index in [-0.39, 0.29) is 23.6 Å². The summed E-state index contributed by atoms with van der Waals surface area (Å²) < 4.78 is 43.4. The van der Waals surface area contributed by atoms with E-state index in [1.54, 1.807) is 6.92 Å². The molecule has 0 spiro atoms. The summed E-state index contributed by atoms with van der Waals surface area (Å²) >= 11 is 5.80. The van der Waals surface area contributed by atoms with Crippen LogP contribution in [0.1, 0.15) is 37.4 Å². The van der Waals surface area contributed by atoms with E-state index < -0.39 is 29.4 Å². The molecule has 22 heavy (non-hydrogen) atoms. The maximum atomic E-state index is 12.9. The number of alkyl halides is 3. The second-order valence-electron chi connectivity index (χ2n) is 4.96. The monoisotopic (exact) mass is 339 g/mol. The minimum Gasteiger partial charge on any atom is -0.466 e. The Balaban J connectivity index is 3.12. The zero-order chi connectivity index (χ0) is 17.1. The molecule has 2 unspecified atom stereocenters. The van der Waals surface area contributed by atoms with E-state index in [4.69, 9.17) is 22.1 Å². The quantitative estimate of drug-likeness (QED) is 0.809. The van der Waals surface area contributed by atoms with Crippen LogP contribution in [-0.2, 0) is 15.1 Å². The topological polar surface area (TPSA) is 72.5 Å². The third-order valence-electron chi connectivity index (χ3n) is 3.15. The van der Waals surface area contributed by atoms with E-state index >= 15 is 0 Å². The minimum absolute atomic E-state index is 0.0173. The second kappa shape index (κ2) is 6.85. The summed E-state index contributed by atoms with van der Waals surface area (Å²) in [6.07, 6.45) is -5.08. The molecule has 0 aromatic heterocycles. The van der Waals surface area contributed by atoms with Crippen LogP contribution in [0.3, 0.4) is 0 Å². The van der Waals surface area contributed by atoms with Crippen molar-refractivity contribution in [1.82, 2.24) is 0 Å². The van der Waals surface area contributed by atoms with Crippen molar-refractivity contribution < 1.29 is 27.8 Å². The van der Waals surface area contributed by atoms with Gasteiger partial charge in [0.25, 0.3) is 0 Å². The number of rotatable bonds is 5. The van der Waals surface area contributed by atoms with Gasteiger partial charge in [-0.05, 0) is 37.1 Å². The largest absolute Gasteiger partial charge is 0.466 e. The summed E-state index contributed by atoms with van der Waals surface area (Å²) in [5.74, 6) is -0.570. The maximum Gasteiger partial charge on any atom is 0.421 e. The predicted molar refractivity (Wildman–Crippen MR) is 75.3 cm³/mol. The number of hydrogen-bond donors (Lipinski definition) is 2. The van der Waals surface area contributed by atoms with Gasteiger partial charge >= 0.3 is 12.1 Å². The molecule has 2 atom stereocenters. The van der Waals surface area contributed by atoms with Crippen LogP contribution in [0, 0.1) is 0 Å². The van der Waals surface area contributed by atoms with Gasteiger partial charge in [0, 0.05) is 11.1 Å². The number of benzene rings is 1. The van der Waals surface area contributed by atoms with Crippen molar-refractivity contribution in [3.8, 4) is 0 Å². The Labute approximate surface area is 131 Å². The van der Waals surface area contributed by atoms with Gasteiger partial charge in [0.1, 0.15) is 0 Å². The van der Waals surface area contributed by atoms with E-state index in [2.05, 4.69) is 0 Å². The molecule has 3 N–H and O–H groups in total. The van der Waals surface area contributed by atoms with E-state index in [1.165, 1.54) is 6.07 Å². The van der Waals surface area contributed by atoms with Crippen LogP contribution in [0.5, 0.6) is 0 Å². The molecule has 1 aromatic rings. The van der Waals surface area contributed by atoms with Crippen molar-refractivity contribution in [3.63, 3.8) is 0 Å². The third-order valence-corrected chi connectivity index (χ3v) is 3.37. The first-order valence-corrected chi connectivity index (χ1v) is 6.88. The molecule has 0 fully saturated rings. The lowest BCUT2D eigenvalue weighted by atomic mass is 9.91. The van der Waals surface area contributed by atoms with Crippen LogP contribution in [0.25, 0.3) is 0 Å². The molecule has 0 aliphatic heterocycles. The molecule has 1 aromatic carbocycles. The van der Waals surface area contributed by atoms with Gasteiger partial charge in [-0.2, -0.15) is 13.2 Å². The molecule has 0 heterocycles. The summed E-state index contributed by atoms with van der Waals surface area (Å²) in [7, 11) is 0. The van der Waals surface area contributed by atoms with Gasteiger partial charge in [0.2, 0.25) is 0 Å². The molecular formula is C14H17ClF3NO3. The van der Waals surface area contributed by atoms with Crippen molar-refractivity contribution in [2.24, 2.45) is 5.73 Å². The first-order valence-electron chi connectivity index (χ1n) is 6.50. The van der Waals surface area contributed by atoms with Gasteiger partial charge < -0.3 is 15.6 Å². The van der Waals surface area contributed by atoms with Crippen LogP contribution in [0.15, 0.2) is 18.2 Å². The van der Waals surface area contributed by atoms with Gasteiger partial charge in [-0.15, -0.1) is 0 Å². The van der Waals surface area contributed by atoms with Crippen molar-refractivity contribution in [2.45, 2.75) is 38.1 Å². The van der Waals surface area contributed by atoms with Crippen LogP contribution in [0.2, 0.25) is 5.02 Å². The second-order valence-corrected chi connectivity index (χ2v) is 5.40. The van der Waals surface area contributed by atoms with E-state index in [9.17, 15) is 23.1 Å². The van der Waals surface area contributed by atoms with Gasteiger partial charge in [-0.3, -0.25) is 4.79 Å². The number of hydrogen-bond acceptors (Lipinski definition) is 4. The highest BCUT2D eigenvalue weighted by Crippen LogP contribution is 2.40. The minimum atomic E-state index is -4.87. The molecule has 1 rings (SSSR count). The molecular weight excluding hydrogens is 323 g/mol. The van der Waals surface area contributed by atoms with Crippen molar-refractivity contribution in [2.75, 3.05) is 6.61 Å². The average molecular weight is 340 g/mol. The number of carbonyl (C=O) groups excluding carboxylic acids is 1. The van der Waals surface area contributed by atoms with Gasteiger partial charge in [-0.1, -0.05) is 17.7 Å². The van der Waals surface area contributed by atoms with Gasteiger partial charge in [0.15, 0.2) is 5.60 Å². The number of carbonyl (C=O) groups is 1. The maximum absolute atomic E-state index is 12.9. The van der Waals surface area contributed by atoms with Gasteiger partial charge in [-0.25, -0.2) is 0 Å². The van der Waals surface area contributed by atoms with Crippen molar-refractivity contribution in [3.05, 3.63) is 34.3 Å². The van der Waals surface area contributed by atoms with Crippen LogP contribution in [-0.4, -0.2) is 23.9 Å². The van der Waals surface area contributed by atoms with Crippen LogP contribution >= 0.6 is 11.6 Å². The summed E-state index contributed by atoms with van der Waals surface area (Å²) in [5.41, 5.74) is 2.49. The van der Waals surface area contributed by atoms with Crippen molar-refractivity contribution >= 4 is 17.6 Å². The van der Waals surface area contributed by atoms with Crippen LogP contribution < -0.4 is 5.73 Å². The van der Waals surface area contributed by atoms with E-state index in [1.807, 2.05) is 0 Å². The summed E-state index contributed by atoms with van der Waals surface area (Å²) in [5, 5.41) is 9.69. The summed E-state index contributed by atoms with van der Waals surface area (Å²) in [6.45, 7) is 2.43. The Morgan fingerprint density at radius 1 is 1.41 bits per heavy atom. The normalized spacial score (nSPS) is 16.0. The Morgan fingerprint density at radius 2 is 2.00 bits per heavy atom. The molecule has 8 heteroatoms. The molecule has 0 aliphatic rings. The number of halogens is 4. The first-order chi connectivity index (χ1) is 9.99. The lowest BCUT2D eigenvalue weighted by Gasteiger charge is -2.27. The fourth-order valence-corrected chi connectivity index (χ4v) is 2.03. The average Bonchev–Trinajstić information content (AvgIpc) is 2.36. The number of nitrogens with two attached hydrogens (primary N) is 1. The molecule has 0 radical (unpaired) electrons. The summed E-state index contributed by atoms with van der Waals surface area (Å²) in [6, 6.07) is 2.56. The molecule has 0 saturated carbocycles. The Morgan fingerprint density at radius 3 is 2.50 bits per heavy atom. The molecule has 124 valence electrons. The van der Waals surface area contributed by atoms with Gasteiger partial charge in [0.05, 0.1) is 13.0 Å².